The maximum Gasteiger partial charge on any atom is 0.329 e. The molecule has 0 radical (unpaired) electrons. The van der Waals surface area contributed by atoms with Crippen molar-refractivity contribution < 1.29 is 14.7 Å². The number of nitrogens with two attached hydrogens (primary N) is 1. The summed E-state index contributed by atoms with van der Waals surface area (Å²) in [6, 6.07) is 0. The van der Waals surface area contributed by atoms with E-state index in [4.69, 9.17) is 10.8 Å². The van der Waals surface area contributed by atoms with Gasteiger partial charge < -0.3 is 16.2 Å². The number of carbonyl (C=O) groups is 2. The Kier molecular flexibility index (Phi) is 3.69. The summed E-state index contributed by atoms with van der Waals surface area (Å²) in [6.07, 6.45) is 0.327. The topological polar surface area (TPSA) is 92.4 Å². The Morgan fingerprint density at radius 3 is 2.33 bits per heavy atom. The van der Waals surface area contributed by atoms with Gasteiger partial charge in [-0.05, 0) is 13.3 Å². The summed E-state index contributed by atoms with van der Waals surface area (Å²) in [5.74, 6) is -1.51. The molecule has 0 heterocycles. The van der Waals surface area contributed by atoms with Crippen LogP contribution in [0.25, 0.3) is 0 Å². The normalized spacial score (nSPS) is 14.9. The van der Waals surface area contributed by atoms with Crippen LogP contribution in [-0.2, 0) is 9.59 Å². The van der Waals surface area contributed by atoms with Crippen LogP contribution in [0.5, 0.6) is 0 Å². The number of hydrogen-bond acceptors (Lipinski definition) is 3. The van der Waals surface area contributed by atoms with Crippen LogP contribution < -0.4 is 11.1 Å². The predicted octanol–water partition coefficient (Wildman–Crippen LogP) is -0.685. The molecule has 5 nitrogen and oxygen atoms in total. The van der Waals surface area contributed by atoms with Crippen LogP contribution in [-0.4, -0.2) is 29.1 Å². The molecule has 0 aromatic carbocycles. The highest BCUT2D eigenvalue weighted by Gasteiger charge is 2.32. The largest absolute Gasteiger partial charge is 0.480 e. The van der Waals surface area contributed by atoms with Gasteiger partial charge in [0.25, 0.3) is 0 Å². The van der Waals surface area contributed by atoms with E-state index in [0.29, 0.717) is 6.42 Å². The van der Waals surface area contributed by atoms with Gasteiger partial charge in [0.15, 0.2) is 0 Å². The molecule has 0 bridgehead atoms. The van der Waals surface area contributed by atoms with Gasteiger partial charge in [-0.2, -0.15) is 0 Å². The Morgan fingerprint density at radius 1 is 1.58 bits per heavy atom. The molecule has 0 saturated carbocycles. The van der Waals surface area contributed by atoms with Crippen molar-refractivity contribution in [1.29, 1.82) is 0 Å². The average Bonchev–Trinajstić information content (AvgIpc) is 2.03. The Bertz CT molecular complexity index is 193. The van der Waals surface area contributed by atoms with Gasteiger partial charge in [-0.1, -0.05) is 6.92 Å². The Balaban J connectivity index is 4.34. The first-order valence-electron chi connectivity index (χ1n) is 3.70. The van der Waals surface area contributed by atoms with Crippen molar-refractivity contribution in [3.05, 3.63) is 0 Å². The van der Waals surface area contributed by atoms with Gasteiger partial charge in [-0.25, -0.2) is 4.79 Å². The summed E-state index contributed by atoms with van der Waals surface area (Å²) in [5.41, 5.74) is 3.83. The van der Waals surface area contributed by atoms with Crippen LogP contribution in [0, 0.1) is 0 Å². The van der Waals surface area contributed by atoms with Gasteiger partial charge in [0.05, 0.1) is 6.54 Å². The highest BCUT2D eigenvalue weighted by Crippen LogP contribution is 2.08. The van der Waals surface area contributed by atoms with Crippen LogP contribution in [0.3, 0.4) is 0 Å². The van der Waals surface area contributed by atoms with Gasteiger partial charge in [0.2, 0.25) is 5.91 Å². The molecule has 0 aromatic rings. The van der Waals surface area contributed by atoms with Crippen molar-refractivity contribution in [3.63, 3.8) is 0 Å². The molecule has 0 fully saturated rings. The Labute approximate surface area is 70.9 Å². The maximum atomic E-state index is 10.8. The lowest BCUT2D eigenvalue weighted by Gasteiger charge is -2.23. The first-order chi connectivity index (χ1) is 5.46. The van der Waals surface area contributed by atoms with Crippen molar-refractivity contribution in [2.45, 2.75) is 25.8 Å². The maximum absolute atomic E-state index is 10.8. The molecule has 0 rings (SSSR count). The van der Waals surface area contributed by atoms with Crippen molar-refractivity contribution in [1.82, 2.24) is 5.32 Å². The van der Waals surface area contributed by atoms with Crippen molar-refractivity contribution in [2.75, 3.05) is 6.54 Å². The lowest BCUT2D eigenvalue weighted by molar-refractivity contribution is -0.146. The second kappa shape index (κ2) is 4.06. The Hall–Kier alpha value is -1.10. The molecule has 0 aromatic heterocycles. The van der Waals surface area contributed by atoms with E-state index in [9.17, 15) is 9.59 Å². The third-order valence-corrected chi connectivity index (χ3v) is 1.78. The smallest absolute Gasteiger partial charge is 0.329 e. The summed E-state index contributed by atoms with van der Waals surface area (Å²) in [6.45, 7) is 2.94. The first kappa shape index (κ1) is 10.9. The molecule has 0 spiro atoms. The van der Waals surface area contributed by atoms with E-state index in [1.807, 2.05) is 0 Å². The molecule has 1 atom stereocenters. The number of aliphatic carboxylic acids is 1. The number of carboxylic acids is 1. The number of carboxylic acid groups (broad SMARTS) is 1. The van der Waals surface area contributed by atoms with Gasteiger partial charge in [-0.15, -0.1) is 0 Å². The fourth-order valence-electron chi connectivity index (χ4n) is 0.652. The summed E-state index contributed by atoms with van der Waals surface area (Å²) in [7, 11) is 0. The van der Waals surface area contributed by atoms with E-state index in [1.165, 1.54) is 6.92 Å². The monoisotopic (exact) mass is 174 g/mol. The summed E-state index contributed by atoms with van der Waals surface area (Å²) in [5, 5.41) is 11.1. The van der Waals surface area contributed by atoms with Crippen molar-refractivity contribution in [3.8, 4) is 0 Å². The summed E-state index contributed by atoms with van der Waals surface area (Å²) < 4.78 is 0. The zero-order valence-electron chi connectivity index (χ0n) is 7.26. The highest BCUT2D eigenvalue weighted by atomic mass is 16.4. The zero-order chi connectivity index (χ0) is 9.78. The van der Waals surface area contributed by atoms with Gasteiger partial charge in [0, 0.05) is 0 Å². The standard InChI is InChI=1S/C7H14N2O3/c1-3-7(2,6(11)12)9-5(10)4-8/h3-4,8H2,1-2H3,(H,9,10)(H,11,12). The van der Waals surface area contributed by atoms with Crippen molar-refractivity contribution in [2.24, 2.45) is 5.73 Å². The molecular formula is C7H14N2O3. The van der Waals surface area contributed by atoms with Gasteiger partial charge in [0.1, 0.15) is 5.54 Å². The molecule has 12 heavy (non-hydrogen) atoms. The van der Waals surface area contributed by atoms with E-state index >= 15 is 0 Å². The molecule has 0 aliphatic carbocycles. The Morgan fingerprint density at radius 2 is 2.08 bits per heavy atom. The minimum absolute atomic E-state index is 0.192. The molecule has 0 aliphatic rings. The lowest BCUT2D eigenvalue weighted by atomic mass is 9.99. The van der Waals surface area contributed by atoms with Crippen LogP contribution in [0.2, 0.25) is 0 Å². The second-order valence-electron chi connectivity index (χ2n) is 2.74. The summed E-state index contributed by atoms with van der Waals surface area (Å²) >= 11 is 0. The van der Waals surface area contributed by atoms with E-state index in [0.717, 1.165) is 0 Å². The number of nitrogens with one attached hydrogen (secondary N) is 1. The molecule has 0 saturated heterocycles. The molecule has 5 heteroatoms. The SMILES string of the molecule is CCC(C)(NC(=O)CN)C(=O)O. The van der Waals surface area contributed by atoms with Gasteiger partial charge >= 0.3 is 5.97 Å². The predicted molar refractivity (Wildman–Crippen MR) is 43.5 cm³/mol. The van der Waals surface area contributed by atoms with Crippen molar-refractivity contribution >= 4 is 11.9 Å². The average molecular weight is 174 g/mol. The number of hydrogen-bond donors (Lipinski definition) is 3. The van der Waals surface area contributed by atoms with E-state index in [1.54, 1.807) is 6.92 Å². The van der Waals surface area contributed by atoms with Crippen LogP contribution in [0.15, 0.2) is 0 Å². The highest BCUT2D eigenvalue weighted by molar-refractivity contribution is 5.87. The fraction of sp³-hybridized carbons (Fsp3) is 0.714. The van der Waals surface area contributed by atoms with E-state index < -0.39 is 17.4 Å². The quantitative estimate of drug-likeness (QED) is 0.526. The molecular weight excluding hydrogens is 160 g/mol. The molecule has 4 N–H and O–H groups in total. The third kappa shape index (κ3) is 2.50. The number of amides is 1. The minimum atomic E-state index is -1.20. The number of carbonyl (C=O) groups excluding carboxylic acids is 1. The number of rotatable bonds is 4. The minimum Gasteiger partial charge on any atom is -0.480 e. The molecule has 0 aliphatic heterocycles. The van der Waals surface area contributed by atoms with Crippen LogP contribution in [0.4, 0.5) is 0 Å². The third-order valence-electron chi connectivity index (χ3n) is 1.78. The van der Waals surface area contributed by atoms with Crippen LogP contribution >= 0.6 is 0 Å². The molecule has 1 unspecified atom stereocenters. The van der Waals surface area contributed by atoms with E-state index in [2.05, 4.69) is 5.32 Å². The van der Waals surface area contributed by atoms with E-state index in [-0.39, 0.29) is 6.54 Å². The molecule has 70 valence electrons. The first-order valence-corrected chi connectivity index (χ1v) is 3.70. The molecule has 1 amide bonds. The second-order valence-corrected chi connectivity index (χ2v) is 2.74. The lowest BCUT2D eigenvalue weighted by Crippen LogP contribution is -2.53. The fourth-order valence-corrected chi connectivity index (χ4v) is 0.652. The summed E-state index contributed by atoms with van der Waals surface area (Å²) in [4.78, 5) is 21.4. The zero-order valence-corrected chi connectivity index (χ0v) is 7.26. The van der Waals surface area contributed by atoms with Gasteiger partial charge in [-0.3, -0.25) is 4.79 Å². The van der Waals surface area contributed by atoms with Crippen LogP contribution in [0.1, 0.15) is 20.3 Å².